The molecule has 44 heavy (non-hydrogen) atoms. The highest BCUT2D eigenvalue weighted by Gasteiger charge is 2.54. The lowest BCUT2D eigenvalue weighted by Gasteiger charge is -2.48. The lowest BCUT2D eigenvalue weighted by Crippen LogP contribution is -2.58. The minimum absolute atomic E-state index is 0.0322. The number of amides is 1. The van der Waals surface area contributed by atoms with E-state index in [-0.39, 0.29) is 41.8 Å². The van der Waals surface area contributed by atoms with Crippen molar-refractivity contribution in [1.82, 2.24) is 24.4 Å². The van der Waals surface area contributed by atoms with Gasteiger partial charge in [0.15, 0.2) is 5.65 Å². The Balaban J connectivity index is 1.38. The topological polar surface area (TPSA) is 123 Å². The van der Waals surface area contributed by atoms with E-state index in [9.17, 15) is 18.8 Å². The number of carbonyl (C=O) groups is 1. The van der Waals surface area contributed by atoms with Crippen molar-refractivity contribution in [2.75, 3.05) is 0 Å². The van der Waals surface area contributed by atoms with Gasteiger partial charge in [0.2, 0.25) is 0 Å². The van der Waals surface area contributed by atoms with Gasteiger partial charge < -0.3 is 19.9 Å². The number of fused-ring (bicyclic) bond motifs is 9. The van der Waals surface area contributed by atoms with E-state index in [0.29, 0.717) is 28.2 Å². The number of alkyl halides is 2. The third-order valence-corrected chi connectivity index (χ3v) is 8.63. The number of aromatic nitrogens is 4. The zero-order valence-corrected chi connectivity index (χ0v) is 23.3. The molecule has 4 aromatic rings. The Morgan fingerprint density at radius 1 is 1.18 bits per heavy atom. The Morgan fingerprint density at radius 3 is 2.57 bits per heavy atom. The number of nitriles is 1. The zero-order valence-electron chi connectivity index (χ0n) is 23.3. The lowest BCUT2D eigenvalue weighted by molar-refractivity contribution is -0.0507. The van der Waals surface area contributed by atoms with Crippen LogP contribution in [0.15, 0.2) is 42.6 Å². The van der Waals surface area contributed by atoms with E-state index in [4.69, 9.17) is 44.0 Å². The normalized spacial score (nSPS) is 25.8. The number of rotatable bonds is 5. The predicted octanol–water partition coefficient (Wildman–Crippen LogP) is 3.11. The van der Waals surface area contributed by atoms with Gasteiger partial charge in [-0.2, -0.15) is 14.0 Å². The van der Waals surface area contributed by atoms with E-state index in [0.717, 1.165) is 4.90 Å². The molecule has 3 aliphatic rings. The number of benzene rings is 1. The molecule has 0 saturated heterocycles. The van der Waals surface area contributed by atoms with Crippen LogP contribution in [-0.4, -0.2) is 71.3 Å². The molecule has 9 nitrogen and oxygen atoms in total. The fourth-order valence-electron chi connectivity index (χ4n) is 7.13. The number of carbonyl (C=O) groups excluding carboxylic acids is 1. The van der Waals surface area contributed by atoms with Gasteiger partial charge in [0.25, 0.3) is 5.91 Å². The van der Waals surface area contributed by atoms with Crippen molar-refractivity contribution in [1.29, 1.82) is 5.26 Å². The predicted molar refractivity (Wildman–Crippen MR) is 155 cm³/mol. The molecule has 2 bridgehead atoms. The Hall–Kier alpha value is -4.31. The maximum Gasteiger partial charge on any atom is 0.387 e. The molecule has 3 aromatic heterocycles. The number of halogens is 3. The van der Waals surface area contributed by atoms with Crippen molar-refractivity contribution in [3.63, 3.8) is 0 Å². The summed E-state index contributed by atoms with van der Waals surface area (Å²) < 4.78 is 49.0. The fourth-order valence-corrected chi connectivity index (χ4v) is 7.13. The number of nitrogens with two attached hydrogens (primary N) is 1. The van der Waals surface area contributed by atoms with Gasteiger partial charge in [-0.1, -0.05) is 11.3 Å². The molecule has 6 radical (unpaired) electrons. The summed E-state index contributed by atoms with van der Waals surface area (Å²) in [5.74, 6) is -1.17. The third kappa shape index (κ3) is 4.14. The van der Waals surface area contributed by atoms with Crippen LogP contribution < -0.4 is 10.5 Å². The number of hydrogen-bond acceptors (Lipinski definition) is 7. The fraction of sp³-hybridized carbons (Fsp3) is 0.345. The molecule has 2 N–H and O–H groups in total. The summed E-state index contributed by atoms with van der Waals surface area (Å²) in [5, 5.41) is 7.68. The first kappa shape index (κ1) is 28.5. The van der Waals surface area contributed by atoms with Gasteiger partial charge in [0.1, 0.15) is 28.3 Å². The summed E-state index contributed by atoms with van der Waals surface area (Å²) in [6.07, 6.45) is 2.16. The first-order valence-corrected chi connectivity index (χ1v) is 13.8. The molecule has 15 heteroatoms. The van der Waals surface area contributed by atoms with Gasteiger partial charge in [0, 0.05) is 34.8 Å². The van der Waals surface area contributed by atoms with Crippen LogP contribution in [0.5, 0.6) is 5.75 Å². The Kier molecular flexibility index (Phi) is 6.05. The quantitative estimate of drug-likeness (QED) is 0.355. The average Bonchev–Trinajstić information content (AvgIpc) is 3.43. The van der Waals surface area contributed by atoms with Crippen molar-refractivity contribution in [3.8, 4) is 23.1 Å². The minimum Gasteiger partial charge on any atom is -0.434 e. The number of ether oxygens (including phenoxy) is 1. The van der Waals surface area contributed by atoms with E-state index in [1.54, 1.807) is 23.6 Å². The molecule has 0 unspecified atom stereocenters. The second-order valence-corrected chi connectivity index (χ2v) is 12.1. The molecule has 214 valence electrons. The monoisotopic (exact) mass is 589 g/mol. The van der Waals surface area contributed by atoms with Crippen LogP contribution >= 0.6 is 0 Å². The standard InChI is InChI=1S/C29H21B3F3N7O2/c1-27(37)10-28(11-27,12-36)22-15(33)7-13(9-38-22)16-5-6-17-23(39-16)41-18-8-19(24(41)40-17)42(29(30,31)32)25(43)14-3-2-4-20(21(14)18)44-26(34)35/h2-7,9,18-19,26H,8,10-11,37H2,1H3/t18-,19-,27?,28?/m1/s1. The van der Waals surface area contributed by atoms with Gasteiger partial charge in [0.05, 0.1) is 53.1 Å². The van der Waals surface area contributed by atoms with Gasteiger partial charge in [-0.25, -0.2) is 14.4 Å². The summed E-state index contributed by atoms with van der Waals surface area (Å²) in [4.78, 5) is 28.6. The number of hydrogen-bond donors (Lipinski definition) is 1. The molecular formula is C29H21B3F3N7O2. The average molecular weight is 589 g/mol. The van der Waals surface area contributed by atoms with Crippen molar-refractivity contribution in [2.45, 2.75) is 61.1 Å². The first-order chi connectivity index (χ1) is 20.7. The molecule has 2 atom stereocenters. The Morgan fingerprint density at radius 2 is 1.93 bits per heavy atom. The van der Waals surface area contributed by atoms with Crippen molar-refractivity contribution >= 4 is 40.6 Å². The SMILES string of the molecule is [B]C([B])([B])N1C(=O)c2cccc(OC(F)F)c2[C@H]2C[C@@H]1c1nc3ccc(-c4cnc(C5(C#N)CC(C)(N)C5)c(F)c4)nc3n12. The summed E-state index contributed by atoms with van der Waals surface area (Å²) in [6, 6.07) is 9.41. The van der Waals surface area contributed by atoms with E-state index >= 15 is 4.39 Å². The van der Waals surface area contributed by atoms with Gasteiger partial charge in [-0.15, -0.1) is 0 Å². The van der Waals surface area contributed by atoms with E-state index in [2.05, 4.69) is 11.1 Å². The smallest absolute Gasteiger partial charge is 0.387 e. The number of pyridine rings is 2. The molecule has 0 spiro atoms. The molecule has 1 aromatic carbocycles. The summed E-state index contributed by atoms with van der Waals surface area (Å²) in [7, 11) is 18.2. The second kappa shape index (κ2) is 9.35. The zero-order chi connectivity index (χ0) is 31.3. The van der Waals surface area contributed by atoms with Crippen LogP contribution in [-0.2, 0) is 5.41 Å². The Labute approximate surface area is 253 Å². The van der Waals surface area contributed by atoms with Crippen LogP contribution in [0.2, 0.25) is 0 Å². The van der Waals surface area contributed by atoms with Crippen molar-refractivity contribution < 1.29 is 22.7 Å². The van der Waals surface area contributed by atoms with Crippen LogP contribution in [0, 0.1) is 17.1 Å². The first-order valence-electron chi connectivity index (χ1n) is 13.8. The van der Waals surface area contributed by atoms with Crippen molar-refractivity contribution in [3.05, 3.63) is 71.1 Å². The molecule has 2 aliphatic heterocycles. The summed E-state index contributed by atoms with van der Waals surface area (Å²) in [5.41, 5.74) is 6.13. The van der Waals surface area contributed by atoms with Crippen LogP contribution in [0.25, 0.3) is 22.4 Å². The molecule has 1 aliphatic carbocycles. The van der Waals surface area contributed by atoms with Gasteiger partial charge in [-0.3, -0.25) is 9.78 Å². The van der Waals surface area contributed by atoms with E-state index < -0.39 is 46.6 Å². The van der Waals surface area contributed by atoms with Crippen LogP contribution in [0.4, 0.5) is 13.2 Å². The highest BCUT2D eigenvalue weighted by atomic mass is 19.3. The maximum atomic E-state index is 15.4. The van der Waals surface area contributed by atoms with E-state index in [1.165, 1.54) is 30.5 Å². The van der Waals surface area contributed by atoms with Gasteiger partial charge >= 0.3 is 6.61 Å². The van der Waals surface area contributed by atoms with Crippen LogP contribution in [0.3, 0.4) is 0 Å². The molecule has 1 saturated carbocycles. The van der Waals surface area contributed by atoms with Crippen LogP contribution in [0.1, 0.15) is 65.7 Å². The molecule has 1 fully saturated rings. The molecule has 7 rings (SSSR count). The third-order valence-electron chi connectivity index (χ3n) is 8.63. The Bertz CT molecular complexity index is 1910. The minimum atomic E-state index is -3.15. The van der Waals surface area contributed by atoms with Gasteiger partial charge in [-0.05, 0) is 50.1 Å². The largest absolute Gasteiger partial charge is 0.434 e. The molecular weight excluding hydrogens is 568 g/mol. The van der Waals surface area contributed by atoms with E-state index in [1.807, 2.05) is 0 Å². The second-order valence-electron chi connectivity index (χ2n) is 12.1. The highest BCUT2D eigenvalue weighted by molar-refractivity contribution is 6.60. The molecule has 1 amide bonds. The maximum absolute atomic E-state index is 15.4. The summed E-state index contributed by atoms with van der Waals surface area (Å²) in [6.45, 7) is -1.35. The van der Waals surface area contributed by atoms with Crippen molar-refractivity contribution in [2.24, 2.45) is 5.73 Å². The molecule has 5 heterocycles. The number of imidazole rings is 1. The highest BCUT2D eigenvalue weighted by Crippen LogP contribution is 2.52. The number of nitrogens with zero attached hydrogens (tertiary/aromatic N) is 6. The lowest BCUT2D eigenvalue weighted by atomic mass is 9.48. The summed E-state index contributed by atoms with van der Waals surface area (Å²) >= 11 is 0.